The molecule has 5 N–H and O–H groups in total. The van der Waals surface area contributed by atoms with Crippen molar-refractivity contribution in [2.75, 3.05) is 17.6 Å². The first-order chi connectivity index (χ1) is 12.9. The fourth-order valence-electron chi connectivity index (χ4n) is 3.95. The van der Waals surface area contributed by atoms with Gasteiger partial charge in [0.2, 0.25) is 0 Å². The van der Waals surface area contributed by atoms with E-state index in [0.717, 1.165) is 11.4 Å². The van der Waals surface area contributed by atoms with Crippen LogP contribution in [0.15, 0.2) is 18.2 Å². The molecule has 0 fully saturated rings. The SMILES string of the molecule is Nc1c2c(nn1C(=O)C1CCNc3ccc(F)cc31)CC[C@H](NC(=O)O)C2. The Morgan fingerprint density at radius 1 is 1.37 bits per heavy atom. The van der Waals surface area contributed by atoms with Crippen LogP contribution in [0.25, 0.3) is 0 Å². The molecule has 2 heterocycles. The van der Waals surface area contributed by atoms with E-state index in [1.54, 1.807) is 6.07 Å². The molecule has 0 radical (unpaired) electrons. The minimum absolute atomic E-state index is 0.239. The van der Waals surface area contributed by atoms with Crippen LogP contribution in [-0.2, 0) is 12.8 Å². The lowest BCUT2D eigenvalue weighted by atomic mass is 9.90. The second kappa shape index (κ2) is 6.57. The molecule has 0 saturated heterocycles. The summed E-state index contributed by atoms with van der Waals surface area (Å²) in [4.78, 5) is 24.0. The van der Waals surface area contributed by atoms with Crippen molar-refractivity contribution in [3.8, 4) is 0 Å². The zero-order valence-corrected chi connectivity index (χ0v) is 14.5. The maximum absolute atomic E-state index is 13.7. The van der Waals surface area contributed by atoms with Crippen molar-refractivity contribution in [1.82, 2.24) is 15.1 Å². The molecule has 0 saturated carbocycles. The van der Waals surface area contributed by atoms with Crippen molar-refractivity contribution in [3.63, 3.8) is 0 Å². The van der Waals surface area contributed by atoms with Crippen LogP contribution in [0.3, 0.4) is 0 Å². The highest BCUT2D eigenvalue weighted by molar-refractivity contribution is 5.90. The van der Waals surface area contributed by atoms with Crippen molar-refractivity contribution >= 4 is 23.5 Å². The molecule has 1 amide bonds. The first kappa shape index (κ1) is 17.3. The number of amides is 1. The Bertz CT molecular complexity index is 926. The fraction of sp³-hybridized carbons (Fsp3) is 0.389. The number of hydrogen-bond acceptors (Lipinski definition) is 5. The zero-order chi connectivity index (χ0) is 19.1. The Morgan fingerprint density at radius 3 is 2.96 bits per heavy atom. The van der Waals surface area contributed by atoms with E-state index in [1.807, 2.05) is 0 Å². The van der Waals surface area contributed by atoms with Gasteiger partial charge in [-0.15, -0.1) is 0 Å². The maximum Gasteiger partial charge on any atom is 0.404 e. The molecule has 1 aromatic carbocycles. The first-order valence-electron chi connectivity index (χ1n) is 8.87. The molecule has 1 unspecified atom stereocenters. The summed E-state index contributed by atoms with van der Waals surface area (Å²) in [7, 11) is 0. The van der Waals surface area contributed by atoms with Gasteiger partial charge in [0.05, 0.1) is 11.6 Å². The lowest BCUT2D eigenvalue weighted by Crippen LogP contribution is -2.37. The maximum atomic E-state index is 13.7. The van der Waals surface area contributed by atoms with Crippen LogP contribution in [0.2, 0.25) is 0 Å². The Labute approximate surface area is 154 Å². The quantitative estimate of drug-likeness (QED) is 0.638. The average molecular weight is 373 g/mol. The molecular weight excluding hydrogens is 353 g/mol. The molecule has 0 bridgehead atoms. The molecule has 2 aliphatic rings. The van der Waals surface area contributed by atoms with E-state index in [1.165, 1.54) is 16.8 Å². The van der Waals surface area contributed by atoms with Gasteiger partial charge in [-0.3, -0.25) is 4.79 Å². The zero-order valence-electron chi connectivity index (χ0n) is 14.5. The molecule has 8 nitrogen and oxygen atoms in total. The number of carboxylic acid groups (broad SMARTS) is 1. The van der Waals surface area contributed by atoms with Crippen LogP contribution in [0, 0.1) is 5.82 Å². The van der Waals surface area contributed by atoms with Gasteiger partial charge in [-0.25, -0.2) is 9.18 Å². The van der Waals surface area contributed by atoms with E-state index >= 15 is 0 Å². The largest absolute Gasteiger partial charge is 0.465 e. The molecule has 142 valence electrons. The van der Waals surface area contributed by atoms with Crippen LogP contribution >= 0.6 is 0 Å². The highest BCUT2D eigenvalue weighted by Gasteiger charge is 2.33. The van der Waals surface area contributed by atoms with Crippen LogP contribution < -0.4 is 16.4 Å². The molecule has 2 aromatic rings. The van der Waals surface area contributed by atoms with E-state index in [0.29, 0.717) is 43.4 Å². The van der Waals surface area contributed by atoms with E-state index in [-0.39, 0.29) is 17.8 Å². The number of nitrogen functional groups attached to an aromatic ring is 1. The minimum atomic E-state index is -1.08. The van der Waals surface area contributed by atoms with Gasteiger partial charge in [-0.05, 0) is 49.4 Å². The smallest absolute Gasteiger partial charge is 0.404 e. The van der Waals surface area contributed by atoms with Crippen molar-refractivity contribution in [2.24, 2.45) is 0 Å². The van der Waals surface area contributed by atoms with Crippen LogP contribution in [0.1, 0.15) is 40.4 Å². The molecule has 9 heteroatoms. The Balaban J connectivity index is 1.64. The normalized spacial score (nSPS) is 20.9. The van der Waals surface area contributed by atoms with Gasteiger partial charge in [-0.1, -0.05) is 0 Å². The Kier molecular flexibility index (Phi) is 4.21. The van der Waals surface area contributed by atoms with Crippen molar-refractivity contribution < 1.29 is 19.1 Å². The molecule has 1 aliphatic heterocycles. The van der Waals surface area contributed by atoms with Crippen LogP contribution in [-0.4, -0.2) is 39.5 Å². The predicted molar refractivity (Wildman–Crippen MR) is 96.5 cm³/mol. The van der Waals surface area contributed by atoms with Crippen molar-refractivity contribution in [2.45, 2.75) is 37.6 Å². The number of hydrogen-bond donors (Lipinski definition) is 4. The number of benzene rings is 1. The van der Waals surface area contributed by atoms with Gasteiger partial charge in [0.15, 0.2) is 0 Å². The number of carbonyl (C=O) groups excluding carboxylic acids is 1. The average Bonchev–Trinajstić information content (AvgIpc) is 2.96. The number of nitrogens with one attached hydrogen (secondary N) is 2. The molecular formula is C18H20FN5O3. The summed E-state index contributed by atoms with van der Waals surface area (Å²) >= 11 is 0. The summed E-state index contributed by atoms with van der Waals surface area (Å²) in [5.41, 5.74) is 8.96. The molecule has 1 aliphatic carbocycles. The number of anilines is 2. The number of rotatable bonds is 2. The monoisotopic (exact) mass is 373 g/mol. The Morgan fingerprint density at radius 2 is 2.19 bits per heavy atom. The minimum Gasteiger partial charge on any atom is -0.465 e. The topological polar surface area (TPSA) is 122 Å². The van der Waals surface area contributed by atoms with Crippen molar-refractivity contribution in [3.05, 3.63) is 40.8 Å². The molecule has 2 atom stereocenters. The lowest BCUT2D eigenvalue weighted by molar-refractivity contribution is 0.0859. The predicted octanol–water partition coefficient (Wildman–Crippen LogP) is 1.97. The van der Waals surface area contributed by atoms with Gasteiger partial charge in [-0.2, -0.15) is 9.78 Å². The van der Waals surface area contributed by atoms with Gasteiger partial charge in [0.1, 0.15) is 11.6 Å². The van der Waals surface area contributed by atoms with E-state index in [4.69, 9.17) is 10.8 Å². The number of nitrogens with two attached hydrogens (primary N) is 1. The van der Waals surface area contributed by atoms with Gasteiger partial charge in [0.25, 0.3) is 5.91 Å². The summed E-state index contributed by atoms with van der Waals surface area (Å²) < 4.78 is 14.9. The summed E-state index contributed by atoms with van der Waals surface area (Å²) in [6.07, 6.45) is 0.979. The van der Waals surface area contributed by atoms with Gasteiger partial charge in [0, 0.05) is 23.8 Å². The summed E-state index contributed by atoms with van der Waals surface area (Å²) in [6, 6.07) is 4.11. The Hall–Kier alpha value is -3.10. The standard InChI is InChI=1S/C18H20FN5O3/c19-9-1-3-14-12(7-9)11(5-6-21-14)17(25)24-16(20)13-8-10(22-18(26)27)2-4-15(13)23-24/h1,3,7,10-11,21-22H,2,4-6,8,20H2,(H,26,27)/t10-,11?/m0/s1. The number of nitrogens with zero attached hydrogens (tertiary/aromatic N) is 2. The van der Waals surface area contributed by atoms with E-state index in [9.17, 15) is 14.0 Å². The van der Waals surface area contributed by atoms with E-state index in [2.05, 4.69) is 15.7 Å². The fourth-order valence-corrected chi connectivity index (χ4v) is 3.95. The molecule has 0 spiro atoms. The summed E-state index contributed by atoms with van der Waals surface area (Å²) in [5.74, 6) is -0.986. The summed E-state index contributed by atoms with van der Waals surface area (Å²) in [5, 5.41) is 18.9. The lowest BCUT2D eigenvalue weighted by Gasteiger charge is -2.25. The number of aromatic nitrogens is 2. The van der Waals surface area contributed by atoms with Crippen LogP contribution in [0.4, 0.5) is 20.7 Å². The third kappa shape index (κ3) is 3.09. The third-order valence-electron chi connectivity index (χ3n) is 5.26. The van der Waals surface area contributed by atoms with Gasteiger partial charge < -0.3 is 21.5 Å². The summed E-state index contributed by atoms with van der Waals surface area (Å²) in [6.45, 7) is 0.598. The second-order valence-corrected chi connectivity index (χ2v) is 6.95. The van der Waals surface area contributed by atoms with Crippen molar-refractivity contribution in [1.29, 1.82) is 0 Å². The number of aryl methyl sites for hydroxylation is 1. The first-order valence-corrected chi connectivity index (χ1v) is 8.87. The number of fused-ring (bicyclic) bond motifs is 2. The number of halogens is 1. The molecule has 4 rings (SSSR count). The van der Waals surface area contributed by atoms with E-state index < -0.39 is 17.8 Å². The van der Waals surface area contributed by atoms with Gasteiger partial charge >= 0.3 is 6.09 Å². The van der Waals surface area contributed by atoms with Crippen LogP contribution in [0.5, 0.6) is 0 Å². The highest BCUT2D eigenvalue weighted by atomic mass is 19.1. The number of carbonyl (C=O) groups is 2. The molecule has 27 heavy (non-hydrogen) atoms. The third-order valence-corrected chi connectivity index (χ3v) is 5.26. The highest BCUT2D eigenvalue weighted by Crippen LogP contribution is 2.35. The molecule has 1 aromatic heterocycles. The second-order valence-electron chi connectivity index (χ2n) is 6.95.